The van der Waals surface area contributed by atoms with Crippen molar-refractivity contribution < 1.29 is 18.0 Å². The largest absolute Gasteiger partial charge is 0.416 e. The molecule has 1 saturated carbocycles. The summed E-state index contributed by atoms with van der Waals surface area (Å²) in [5.74, 6) is -0.357. The van der Waals surface area contributed by atoms with Crippen molar-refractivity contribution in [3.63, 3.8) is 0 Å². The highest BCUT2D eigenvalue weighted by atomic mass is 19.4. The van der Waals surface area contributed by atoms with E-state index in [2.05, 4.69) is 16.4 Å². The summed E-state index contributed by atoms with van der Waals surface area (Å²) < 4.78 is 37.8. The number of para-hydroxylation sites is 1. The van der Waals surface area contributed by atoms with Crippen molar-refractivity contribution in [2.45, 2.75) is 24.4 Å². The molecule has 0 spiro atoms. The molecule has 1 fully saturated rings. The molecule has 1 aromatic heterocycles. The molecule has 0 atom stereocenters. The van der Waals surface area contributed by atoms with Gasteiger partial charge in [-0.2, -0.15) is 13.2 Å². The summed E-state index contributed by atoms with van der Waals surface area (Å²) in [6.07, 6.45) is -0.464. The van der Waals surface area contributed by atoms with Crippen LogP contribution in [0.4, 0.5) is 13.2 Å². The highest BCUT2D eigenvalue weighted by Crippen LogP contribution is 2.49. The minimum Gasteiger partial charge on any atom is -0.361 e. The van der Waals surface area contributed by atoms with Crippen LogP contribution in [0.2, 0.25) is 0 Å². The second-order valence-electron chi connectivity index (χ2n) is 6.79. The smallest absolute Gasteiger partial charge is 0.361 e. The second-order valence-corrected chi connectivity index (χ2v) is 6.79. The number of aromatic nitrogens is 1. The number of aromatic amines is 1. The van der Waals surface area contributed by atoms with E-state index in [4.69, 9.17) is 0 Å². The van der Waals surface area contributed by atoms with Crippen molar-refractivity contribution in [2.75, 3.05) is 6.54 Å². The van der Waals surface area contributed by atoms with Gasteiger partial charge in [0.15, 0.2) is 0 Å². The number of benzene rings is 2. The molecular weight excluding hydrogens is 341 g/mol. The van der Waals surface area contributed by atoms with Gasteiger partial charge in [0.1, 0.15) is 0 Å². The normalized spacial score (nSPS) is 15.8. The van der Waals surface area contributed by atoms with E-state index < -0.39 is 11.7 Å². The van der Waals surface area contributed by atoms with Gasteiger partial charge >= 0.3 is 6.18 Å². The predicted octanol–water partition coefficient (Wildman–Crippen LogP) is 4.65. The Balaban J connectivity index is 1.47. The van der Waals surface area contributed by atoms with E-state index in [0.717, 1.165) is 35.9 Å². The number of amides is 1. The first-order valence-electron chi connectivity index (χ1n) is 8.41. The number of nitrogens with one attached hydrogen (secondary N) is 2. The number of hydrogen-bond acceptors (Lipinski definition) is 1. The average molecular weight is 358 g/mol. The molecule has 1 aliphatic rings. The monoisotopic (exact) mass is 358 g/mol. The number of alkyl halides is 3. The molecule has 0 radical (unpaired) electrons. The zero-order valence-corrected chi connectivity index (χ0v) is 13.9. The molecular formula is C20H17F3N2O. The minimum absolute atomic E-state index is 0.0961. The van der Waals surface area contributed by atoms with Crippen molar-refractivity contribution >= 4 is 16.8 Å². The lowest BCUT2D eigenvalue weighted by Crippen LogP contribution is -2.32. The van der Waals surface area contributed by atoms with E-state index >= 15 is 0 Å². The number of hydrogen-bond donors (Lipinski definition) is 2. The number of halogens is 3. The van der Waals surface area contributed by atoms with Crippen LogP contribution in [0, 0.1) is 0 Å². The van der Waals surface area contributed by atoms with Crippen LogP contribution >= 0.6 is 0 Å². The molecule has 1 aliphatic carbocycles. The molecule has 0 bridgehead atoms. The standard InChI is InChI=1S/C20H17F3N2O/c21-20(22,23)14-7-5-13(6-8-14)18(26)25-12-19(9-10-19)16-11-24-17-4-2-1-3-15(16)17/h1-8,11,24H,9-10,12H2,(H,25,26). The van der Waals surface area contributed by atoms with E-state index in [1.807, 2.05) is 24.4 Å². The molecule has 0 unspecified atom stereocenters. The van der Waals surface area contributed by atoms with Crippen LogP contribution in [0.15, 0.2) is 54.7 Å². The zero-order valence-electron chi connectivity index (χ0n) is 13.9. The zero-order chi connectivity index (χ0) is 18.4. The van der Waals surface area contributed by atoms with Gasteiger partial charge < -0.3 is 10.3 Å². The van der Waals surface area contributed by atoms with Crippen molar-refractivity contribution in [3.8, 4) is 0 Å². The first-order valence-corrected chi connectivity index (χ1v) is 8.41. The summed E-state index contributed by atoms with van der Waals surface area (Å²) in [5.41, 5.74) is 1.61. The number of fused-ring (bicyclic) bond motifs is 1. The average Bonchev–Trinajstić information content (AvgIpc) is 3.29. The van der Waals surface area contributed by atoms with Gasteiger partial charge in [-0.15, -0.1) is 0 Å². The number of carbonyl (C=O) groups is 1. The summed E-state index contributed by atoms with van der Waals surface area (Å²) in [5, 5.41) is 4.03. The van der Waals surface area contributed by atoms with E-state index in [-0.39, 0.29) is 16.9 Å². The van der Waals surface area contributed by atoms with Crippen molar-refractivity contribution in [1.82, 2.24) is 10.3 Å². The molecule has 6 heteroatoms. The van der Waals surface area contributed by atoms with Gasteiger partial charge in [-0.25, -0.2) is 0 Å². The lowest BCUT2D eigenvalue weighted by molar-refractivity contribution is -0.137. The summed E-state index contributed by atoms with van der Waals surface area (Å²) in [4.78, 5) is 15.6. The number of rotatable bonds is 4. The Morgan fingerprint density at radius 2 is 1.77 bits per heavy atom. The molecule has 3 nitrogen and oxygen atoms in total. The lowest BCUT2D eigenvalue weighted by Gasteiger charge is -2.16. The summed E-state index contributed by atoms with van der Waals surface area (Å²) in [6.45, 7) is 0.467. The Labute approximate surface area is 148 Å². The Kier molecular flexibility index (Phi) is 3.79. The molecule has 0 aliphatic heterocycles. The maximum Gasteiger partial charge on any atom is 0.416 e. The Hall–Kier alpha value is -2.76. The summed E-state index contributed by atoms with van der Waals surface area (Å²) >= 11 is 0. The van der Waals surface area contributed by atoms with E-state index in [9.17, 15) is 18.0 Å². The van der Waals surface area contributed by atoms with Crippen LogP contribution in [0.1, 0.15) is 34.3 Å². The number of H-pyrrole nitrogens is 1. The van der Waals surface area contributed by atoms with Gasteiger partial charge in [0.25, 0.3) is 5.91 Å². The maximum atomic E-state index is 12.6. The van der Waals surface area contributed by atoms with Crippen molar-refractivity contribution in [1.29, 1.82) is 0 Å². The highest BCUT2D eigenvalue weighted by Gasteiger charge is 2.45. The third-order valence-corrected chi connectivity index (χ3v) is 5.08. The first kappa shape index (κ1) is 16.7. The van der Waals surface area contributed by atoms with Crippen LogP contribution in [0.3, 0.4) is 0 Å². The Bertz CT molecular complexity index is 953. The van der Waals surface area contributed by atoms with Crippen LogP contribution in [-0.2, 0) is 11.6 Å². The summed E-state index contributed by atoms with van der Waals surface area (Å²) in [7, 11) is 0. The molecule has 2 N–H and O–H groups in total. The molecule has 3 aromatic rings. The van der Waals surface area contributed by atoms with Gasteiger partial charge in [-0.1, -0.05) is 18.2 Å². The molecule has 2 aromatic carbocycles. The molecule has 26 heavy (non-hydrogen) atoms. The maximum absolute atomic E-state index is 12.6. The molecule has 134 valence electrons. The van der Waals surface area contributed by atoms with E-state index in [1.54, 1.807) is 0 Å². The van der Waals surface area contributed by atoms with E-state index in [0.29, 0.717) is 6.54 Å². The van der Waals surface area contributed by atoms with Crippen molar-refractivity contribution in [2.24, 2.45) is 0 Å². The molecule has 1 heterocycles. The molecule has 0 saturated heterocycles. The Morgan fingerprint density at radius 1 is 1.08 bits per heavy atom. The third kappa shape index (κ3) is 2.96. The lowest BCUT2D eigenvalue weighted by atomic mass is 9.95. The van der Waals surface area contributed by atoms with Gasteiger partial charge in [0.2, 0.25) is 0 Å². The quantitative estimate of drug-likeness (QED) is 0.701. The molecule has 4 rings (SSSR count). The van der Waals surface area contributed by atoms with Crippen LogP contribution in [0.5, 0.6) is 0 Å². The topological polar surface area (TPSA) is 44.9 Å². The van der Waals surface area contributed by atoms with Gasteiger partial charge in [0.05, 0.1) is 5.56 Å². The van der Waals surface area contributed by atoms with Gasteiger partial charge in [0, 0.05) is 34.6 Å². The van der Waals surface area contributed by atoms with Gasteiger partial charge in [-0.05, 0) is 48.7 Å². The second kappa shape index (κ2) is 5.90. The predicted molar refractivity (Wildman–Crippen MR) is 93.0 cm³/mol. The van der Waals surface area contributed by atoms with E-state index in [1.165, 1.54) is 17.7 Å². The SMILES string of the molecule is O=C(NCC1(c2c[nH]c3ccccc23)CC1)c1ccc(C(F)(F)F)cc1. The fraction of sp³-hybridized carbons (Fsp3) is 0.250. The third-order valence-electron chi connectivity index (χ3n) is 5.08. The molecule has 1 amide bonds. The highest BCUT2D eigenvalue weighted by molar-refractivity contribution is 5.94. The first-order chi connectivity index (χ1) is 12.4. The van der Waals surface area contributed by atoms with Crippen LogP contribution in [0.25, 0.3) is 10.9 Å². The van der Waals surface area contributed by atoms with Gasteiger partial charge in [-0.3, -0.25) is 4.79 Å². The minimum atomic E-state index is -4.40. The van der Waals surface area contributed by atoms with Crippen LogP contribution < -0.4 is 5.32 Å². The fourth-order valence-electron chi connectivity index (χ4n) is 3.36. The van der Waals surface area contributed by atoms with Crippen molar-refractivity contribution in [3.05, 3.63) is 71.4 Å². The number of carbonyl (C=O) groups excluding carboxylic acids is 1. The summed E-state index contributed by atoms with van der Waals surface area (Å²) in [6, 6.07) is 12.3. The Morgan fingerprint density at radius 3 is 2.42 bits per heavy atom. The fourth-order valence-corrected chi connectivity index (χ4v) is 3.36. The van der Waals surface area contributed by atoms with Crippen LogP contribution in [-0.4, -0.2) is 17.4 Å².